The van der Waals surface area contributed by atoms with Crippen LogP contribution in [0.5, 0.6) is 0 Å². The molecule has 0 spiro atoms. The fourth-order valence-electron chi connectivity index (χ4n) is 4.02. The predicted molar refractivity (Wildman–Crippen MR) is 140 cm³/mol. The first-order chi connectivity index (χ1) is 18.6. The van der Waals surface area contributed by atoms with Crippen LogP contribution < -0.4 is 16.3 Å². The summed E-state index contributed by atoms with van der Waals surface area (Å²) < 4.78 is 11.1. The minimum absolute atomic E-state index is 0.00563. The molecule has 0 saturated heterocycles. The molecule has 0 fully saturated rings. The average Bonchev–Trinajstić information content (AvgIpc) is 3.21. The topological polar surface area (TPSA) is 187 Å². The Bertz CT molecular complexity index is 1640. The monoisotopic (exact) mass is 552 g/mol. The first-order valence-electron chi connectivity index (χ1n) is 11.3. The molecule has 0 saturated carbocycles. The molecule has 2 aromatic carbocycles. The average molecular weight is 553 g/mol. The van der Waals surface area contributed by atoms with Crippen molar-refractivity contribution in [3.63, 3.8) is 0 Å². The lowest BCUT2D eigenvalue weighted by atomic mass is 10.1. The summed E-state index contributed by atoms with van der Waals surface area (Å²) in [4.78, 5) is 60.7. The molecule has 1 aromatic heterocycles. The summed E-state index contributed by atoms with van der Waals surface area (Å²) in [5.74, 6) is -2.37. The highest BCUT2D eigenvalue weighted by Gasteiger charge is 2.38. The zero-order valence-corrected chi connectivity index (χ0v) is 21.3. The molecule has 2 heterocycles. The number of carbonyl (C=O) groups is 3. The summed E-state index contributed by atoms with van der Waals surface area (Å²) in [6.45, 7) is 1.55. The van der Waals surface area contributed by atoms with Gasteiger partial charge in [-0.1, -0.05) is 23.9 Å². The minimum Gasteiger partial charge on any atom is -0.465 e. The van der Waals surface area contributed by atoms with Gasteiger partial charge in [0.05, 0.1) is 34.6 Å². The van der Waals surface area contributed by atoms with Crippen molar-refractivity contribution in [1.29, 1.82) is 0 Å². The van der Waals surface area contributed by atoms with E-state index < -0.39 is 32.9 Å². The second kappa shape index (κ2) is 10.8. The number of rotatable bonds is 7. The largest absolute Gasteiger partial charge is 0.465 e. The van der Waals surface area contributed by atoms with Crippen LogP contribution in [0.2, 0.25) is 0 Å². The highest BCUT2D eigenvalue weighted by atomic mass is 32.2. The number of aromatic nitrogens is 1. The highest BCUT2D eigenvalue weighted by Crippen LogP contribution is 2.40. The van der Waals surface area contributed by atoms with Gasteiger partial charge in [0.1, 0.15) is 10.2 Å². The normalized spacial score (nSPS) is 15.0. The van der Waals surface area contributed by atoms with E-state index in [1.165, 1.54) is 54.6 Å². The summed E-state index contributed by atoms with van der Waals surface area (Å²) in [7, 11) is 1.15. The van der Waals surface area contributed by atoms with E-state index in [1.54, 1.807) is 6.92 Å². The Hall–Kier alpha value is -4.98. The zero-order chi connectivity index (χ0) is 28.4. The molecule has 0 amide bonds. The SMILES string of the molecule is CCOC(=O)c1c(N)/c(=C\c2ccc([N+](=O)[O-])cc2)c2n1C(=O)C(c1ccc([N+](=O)[O-])cc1)SC=2C(=O)OC. The molecule has 39 heavy (non-hydrogen) atoms. The standard InChI is InChI=1S/C25H20N4O9S/c1-3-38-24(31)20-18(26)17(12-13-4-8-15(9-5-13)28(33)34)19-22(25(32)37-2)39-21(23(30)27(19)20)14-6-10-16(11-7-14)29(35)36/h4-12,21H,3,26H2,1-2H3/b17-12+. The van der Waals surface area contributed by atoms with E-state index in [1.807, 2.05) is 0 Å². The Morgan fingerprint density at radius 3 is 2.10 bits per heavy atom. The molecule has 1 aliphatic heterocycles. The van der Waals surface area contributed by atoms with Crippen LogP contribution in [0.1, 0.15) is 38.6 Å². The summed E-state index contributed by atoms with van der Waals surface area (Å²) in [6.07, 6.45) is 1.48. The summed E-state index contributed by atoms with van der Waals surface area (Å²) >= 11 is 0.845. The van der Waals surface area contributed by atoms with Crippen LogP contribution in [0.3, 0.4) is 0 Å². The van der Waals surface area contributed by atoms with Crippen molar-refractivity contribution in [2.75, 3.05) is 19.5 Å². The van der Waals surface area contributed by atoms with Crippen molar-refractivity contribution < 1.29 is 33.7 Å². The van der Waals surface area contributed by atoms with Crippen molar-refractivity contribution in [3.05, 3.63) is 96.1 Å². The molecular formula is C25H20N4O9S. The van der Waals surface area contributed by atoms with E-state index in [9.17, 15) is 34.6 Å². The number of hydrogen-bond donors (Lipinski definition) is 1. The van der Waals surface area contributed by atoms with E-state index in [0.717, 1.165) is 23.4 Å². The number of fused-ring (bicyclic) bond motifs is 1. The molecule has 0 aliphatic carbocycles. The number of non-ortho nitro benzene ring substituents is 2. The van der Waals surface area contributed by atoms with Crippen LogP contribution in [0.4, 0.5) is 17.1 Å². The third kappa shape index (κ3) is 4.96. The lowest BCUT2D eigenvalue weighted by molar-refractivity contribution is -0.385. The Morgan fingerprint density at radius 1 is 1.03 bits per heavy atom. The molecule has 3 aromatic rings. The smallest absolute Gasteiger partial charge is 0.357 e. The number of methoxy groups -OCH3 is 1. The molecule has 14 heteroatoms. The predicted octanol–water partition coefficient (Wildman–Crippen LogP) is 2.30. The molecule has 13 nitrogen and oxygen atoms in total. The Labute approximate surface area is 223 Å². The van der Waals surface area contributed by atoms with Gasteiger partial charge in [-0.2, -0.15) is 0 Å². The number of nitro groups is 2. The van der Waals surface area contributed by atoms with Crippen molar-refractivity contribution in [2.24, 2.45) is 0 Å². The molecular weight excluding hydrogens is 532 g/mol. The first-order valence-corrected chi connectivity index (χ1v) is 12.2. The van der Waals surface area contributed by atoms with E-state index in [2.05, 4.69) is 0 Å². The fraction of sp³-hybridized carbons (Fsp3) is 0.160. The lowest BCUT2D eigenvalue weighted by Crippen LogP contribution is -2.42. The number of ether oxygens (including phenoxy) is 2. The molecule has 1 aliphatic rings. The molecule has 4 rings (SSSR count). The lowest BCUT2D eigenvalue weighted by Gasteiger charge is -2.23. The van der Waals surface area contributed by atoms with E-state index in [-0.39, 0.29) is 44.8 Å². The van der Waals surface area contributed by atoms with E-state index in [4.69, 9.17) is 15.2 Å². The number of carbonyl (C=O) groups excluding carboxylic acids is 3. The number of nitrogens with two attached hydrogens (primary N) is 1. The highest BCUT2D eigenvalue weighted by molar-refractivity contribution is 8.10. The summed E-state index contributed by atoms with van der Waals surface area (Å²) in [5, 5.41) is 21.2. The third-order valence-electron chi connectivity index (χ3n) is 5.80. The Morgan fingerprint density at radius 2 is 1.59 bits per heavy atom. The number of hydrogen-bond acceptors (Lipinski definition) is 11. The summed E-state index contributed by atoms with van der Waals surface area (Å²) in [6, 6.07) is 10.6. The second-order valence-corrected chi connectivity index (χ2v) is 9.19. The number of anilines is 1. The van der Waals surface area contributed by atoms with Crippen LogP contribution >= 0.6 is 11.8 Å². The van der Waals surface area contributed by atoms with Gasteiger partial charge in [0.15, 0.2) is 5.69 Å². The number of esters is 2. The molecule has 0 bridgehead atoms. The molecule has 0 radical (unpaired) electrons. The molecule has 2 N–H and O–H groups in total. The van der Waals surface area contributed by atoms with Gasteiger partial charge in [-0.3, -0.25) is 29.6 Å². The number of nitro benzene ring substituents is 2. The van der Waals surface area contributed by atoms with Gasteiger partial charge in [-0.15, -0.1) is 0 Å². The van der Waals surface area contributed by atoms with Gasteiger partial charge >= 0.3 is 11.9 Å². The molecule has 1 unspecified atom stereocenters. The van der Waals surface area contributed by atoms with Crippen molar-refractivity contribution in [2.45, 2.75) is 12.2 Å². The van der Waals surface area contributed by atoms with Crippen molar-refractivity contribution in [1.82, 2.24) is 4.57 Å². The fourth-order valence-corrected chi connectivity index (χ4v) is 5.25. The van der Waals surface area contributed by atoms with Crippen LogP contribution in [-0.4, -0.2) is 46.0 Å². The zero-order valence-electron chi connectivity index (χ0n) is 20.5. The van der Waals surface area contributed by atoms with E-state index in [0.29, 0.717) is 11.1 Å². The van der Waals surface area contributed by atoms with Crippen molar-refractivity contribution in [3.8, 4) is 0 Å². The maximum atomic E-state index is 13.9. The number of nitrogen functional groups attached to an aromatic ring is 1. The quantitative estimate of drug-likeness (QED) is 0.257. The van der Waals surface area contributed by atoms with Gasteiger partial charge < -0.3 is 15.2 Å². The Balaban J connectivity index is 2.03. The van der Waals surface area contributed by atoms with Crippen molar-refractivity contribution >= 4 is 57.7 Å². The van der Waals surface area contributed by atoms with Crippen LogP contribution in [0, 0.1) is 20.2 Å². The first kappa shape index (κ1) is 27.1. The van der Waals surface area contributed by atoms with Gasteiger partial charge in [-0.05, 0) is 36.3 Å². The number of nitrogens with zero attached hydrogens (tertiary/aromatic N) is 3. The Kier molecular flexibility index (Phi) is 7.49. The van der Waals surface area contributed by atoms with Gasteiger partial charge in [0.2, 0.25) is 5.91 Å². The molecule has 200 valence electrons. The van der Waals surface area contributed by atoms with Gasteiger partial charge in [0.25, 0.3) is 11.4 Å². The van der Waals surface area contributed by atoms with Crippen LogP contribution in [-0.2, 0) is 14.3 Å². The minimum atomic E-state index is -1.08. The maximum absolute atomic E-state index is 13.9. The van der Waals surface area contributed by atoms with Gasteiger partial charge in [0, 0.05) is 29.5 Å². The van der Waals surface area contributed by atoms with E-state index >= 15 is 0 Å². The number of benzene rings is 2. The summed E-state index contributed by atoms with van der Waals surface area (Å²) in [5.41, 5.74) is 6.36. The second-order valence-electron chi connectivity index (χ2n) is 8.08. The van der Waals surface area contributed by atoms with Gasteiger partial charge in [-0.25, -0.2) is 9.59 Å². The van der Waals surface area contributed by atoms with Crippen LogP contribution in [0.15, 0.2) is 48.5 Å². The number of thioether (sulfide) groups is 1. The maximum Gasteiger partial charge on any atom is 0.357 e. The van der Waals surface area contributed by atoms with Crippen LogP contribution in [0.25, 0.3) is 11.0 Å². The molecule has 1 atom stereocenters. The third-order valence-corrected chi connectivity index (χ3v) is 7.11.